The van der Waals surface area contributed by atoms with Crippen molar-refractivity contribution in [1.82, 2.24) is 14.5 Å². The second kappa shape index (κ2) is 12.1. The van der Waals surface area contributed by atoms with Crippen LogP contribution in [0.1, 0.15) is 22.3 Å². The van der Waals surface area contributed by atoms with Crippen LogP contribution in [0.4, 0.5) is 0 Å². The van der Waals surface area contributed by atoms with Gasteiger partial charge in [0.1, 0.15) is 11.5 Å². The molecule has 0 unspecified atom stereocenters. The van der Waals surface area contributed by atoms with Gasteiger partial charge in [0.2, 0.25) is 5.95 Å². The van der Waals surface area contributed by atoms with Gasteiger partial charge in [-0.3, -0.25) is 4.57 Å². The average molecular weight is 752 g/mol. The summed E-state index contributed by atoms with van der Waals surface area (Å²) in [7, 11) is 0. The van der Waals surface area contributed by atoms with Crippen LogP contribution in [0, 0.1) is 0 Å². The molecule has 3 heterocycles. The van der Waals surface area contributed by atoms with E-state index in [1.165, 1.54) is 33.4 Å². The van der Waals surface area contributed by atoms with Gasteiger partial charge in [-0.1, -0.05) is 176 Å². The maximum absolute atomic E-state index is 7.27. The molecule has 0 N–H and O–H groups in total. The van der Waals surface area contributed by atoms with Gasteiger partial charge in [0.15, 0.2) is 0 Å². The molecule has 0 amide bonds. The van der Waals surface area contributed by atoms with Crippen molar-refractivity contribution in [3.05, 3.63) is 222 Å². The zero-order valence-electron chi connectivity index (χ0n) is 31.8. The molecule has 59 heavy (non-hydrogen) atoms. The minimum absolute atomic E-state index is 0.580. The lowest BCUT2D eigenvalue weighted by atomic mass is 9.66. The lowest BCUT2D eigenvalue weighted by molar-refractivity contribution is 0.442. The number of para-hydroxylation sites is 2. The Morgan fingerprint density at radius 2 is 1.00 bits per heavy atom. The first-order chi connectivity index (χ1) is 29.3. The molecule has 4 heteroatoms. The fourth-order valence-electron chi connectivity index (χ4n) is 10.2. The quantitative estimate of drug-likeness (QED) is 0.180. The van der Waals surface area contributed by atoms with Crippen LogP contribution < -0.4 is 4.74 Å². The second-order valence-electron chi connectivity index (χ2n) is 15.6. The van der Waals surface area contributed by atoms with Gasteiger partial charge in [-0.25, -0.2) is 9.97 Å². The number of rotatable bonds is 3. The van der Waals surface area contributed by atoms with Crippen LogP contribution in [0.15, 0.2) is 200 Å². The van der Waals surface area contributed by atoms with Crippen LogP contribution in [-0.2, 0) is 5.41 Å². The second-order valence-corrected chi connectivity index (χ2v) is 15.6. The topological polar surface area (TPSA) is 39.9 Å². The summed E-state index contributed by atoms with van der Waals surface area (Å²) in [6.07, 6.45) is 0. The number of nitrogens with zero attached hydrogens (tertiary/aromatic N) is 3. The fraction of sp³-hybridized carbons (Fsp3) is 0.0182. The lowest BCUT2D eigenvalue weighted by Gasteiger charge is -2.39. The Kier molecular flexibility index (Phi) is 6.62. The van der Waals surface area contributed by atoms with Crippen molar-refractivity contribution in [2.45, 2.75) is 5.41 Å². The van der Waals surface area contributed by atoms with Crippen LogP contribution in [0.3, 0.4) is 0 Å². The summed E-state index contributed by atoms with van der Waals surface area (Å²) >= 11 is 0. The van der Waals surface area contributed by atoms with Crippen LogP contribution in [0.25, 0.3) is 82.9 Å². The molecule has 274 valence electrons. The van der Waals surface area contributed by atoms with Crippen LogP contribution in [-0.4, -0.2) is 14.5 Å². The van der Waals surface area contributed by atoms with E-state index in [4.69, 9.17) is 14.7 Å². The minimum Gasteiger partial charge on any atom is -0.456 e. The molecule has 0 saturated heterocycles. The van der Waals surface area contributed by atoms with E-state index < -0.39 is 5.41 Å². The summed E-state index contributed by atoms with van der Waals surface area (Å²) in [5, 5.41) is 5.50. The number of ether oxygens (including phenoxy) is 1. The number of hydrogen-bond donors (Lipinski definition) is 0. The van der Waals surface area contributed by atoms with Crippen LogP contribution in [0.2, 0.25) is 0 Å². The van der Waals surface area contributed by atoms with Crippen LogP contribution in [0.5, 0.6) is 11.5 Å². The van der Waals surface area contributed by atoms with Crippen molar-refractivity contribution < 1.29 is 4.74 Å². The van der Waals surface area contributed by atoms with E-state index in [9.17, 15) is 0 Å². The Balaban J connectivity index is 1.13. The van der Waals surface area contributed by atoms with Crippen molar-refractivity contribution in [2.75, 3.05) is 0 Å². The van der Waals surface area contributed by atoms with Gasteiger partial charge in [-0.05, 0) is 68.4 Å². The van der Waals surface area contributed by atoms with E-state index in [0.717, 1.165) is 77.4 Å². The molecule has 1 aliphatic carbocycles. The number of hydrogen-bond acceptors (Lipinski definition) is 3. The van der Waals surface area contributed by atoms with Gasteiger partial charge in [0.25, 0.3) is 0 Å². The van der Waals surface area contributed by atoms with Crippen molar-refractivity contribution in [3.63, 3.8) is 0 Å². The molecule has 0 fully saturated rings. The van der Waals surface area contributed by atoms with Crippen molar-refractivity contribution >= 4 is 43.5 Å². The minimum atomic E-state index is -0.580. The van der Waals surface area contributed by atoms with Gasteiger partial charge >= 0.3 is 0 Å². The fourth-order valence-corrected chi connectivity index (χ4v) is 10.2. The van der Waals surface area contributed by atoms with Gasteiger partial charge in [0.05, 0.1) is 33.0 Å². The van der Waals surface area contributed by atoms with Gasteiger partial charge in [0, 0.05) is 27.5 Å². The van der Waals surface area contributed by atoms with E-state index in [2.05, 4.69) is 205 Å². The lowest BCUT2D eigenvalue weighted by Crippen LogP contribution is -2.32. The number of fused-ring (bicyclic) bond motifs is 16. The molecule has 13 rings (SSSR count). The summed E-state index contributed by atoms with van der Waals surface area (Å²) in [5.74, 6) is 2.34. The molecule has 0 bridgehead atoms. The molecule has 11 aromatic rings. The highest BCUT2D eigenvalue weighted by Crippen LogP contribution is 2.63. The molecule has 2 aliphatic rings. The Hall–Kier alpha value is -7.82. The highest BCUT2D eigenvalue weighted by atomic mass is 16.5. The number of aromatic nitrogens is 3. The predicted molar refractivity (Wildman–Crippen MR) is 240 cm³/mol. The molecule has 0 saturated carbocycles. The first kappa shape index (κ1) is 32.3. The van der Waals surface area contributed by atoms with E-state index >= 15 is 0 Å². The van der Waals surface area contributed by atoms with Crippen molar-refractivity contribution in [1.29, 1.82) is 0 Å². The zero-order valence-corrected chi connectivity index (χ0v) is 31.8. The van der Waals surface area contributed by atoms with E-state index in [1.807, 2.05) is 0 Å². The first-order valence-corrected chi connectivity index (χ1v) is 20.2. The third kappa shape index (κ3) is 4.37. The smallest absolute Gasteiger partial charge is 0.235 e. The third-order valence-electron chi connectivity index (χ3n) is 12.7. The predicted octanol–water partition coefficient (Wildman–Crippen LogP) is 13.7. The summed E-state index contributed by atoms with van der Waals surface area (Å²) in [6.45, 7) is 0. The van der Waals surface area contributed by atoms with E-state index in [0.29, 0.717) is 5.95 Å². The monoisotopic (exact) mass is 751 g/mol. The third-order valence-corrected chi connectivity index (χ3v) is 12.7. The molecule has 1 aliphatic heterocycles. The standard InChI is InChI=1S/C55H33N3O/c1-2-14-34(15-3-1)35-26-28-37(29-27-35)52-41-20-8-12-24-46(41)56-54(57-52)58-47-32-30-36-16-4-5-17-38(36)50(47)51-48(58)33-31-45-53(51)59-49-25-13-11-23-44(49)55(45)42-21-9-6-18-39(42)40-19-7-10-22-43(40)55/h1-33H. The first-order valence-electron chi connectivity index (χ1n) is 20.2. The molecule has 9 aromatic carbocycles. The normalized spacial score (nSPS) is 13.4. The van der Waals surface area contributed by atoms with E-state index in [1.54, 1.807) is 0 Å². The van der Waals surface area contributed by atoms with Gasteiger partial charge in [-0.15, -0.1) is 0 Å². The highest BCUT2D eigenvalue weighted by molar-refractivity contribution is 6.23. The summed E-state index contributed by atoms with van der Waals surface area (Å²) in [5.41, 5.74) is 13.9. The highest BCUT2D eigenvalue weighted by Gasteiger charge is 2.51. The molecule has 0 atom stereocenters. The van der Waals surface area contributed by atoms with Crippen molar-refractivity contribution in [2.24, 2.45) is 0 Å². The van der Waals surface area contributed by atoms with Crippen LogP contribution >= 0.6 is 0 Å². The Morgan fingerprint density at radius 1 is 0.407 bits per heavy atom. The summed E-state index contributed by atoms with van der Waals surface area (Å²) in [6, 6.07) is 71.6. The van der Waals surface area contributed by atoms with Crippen molar-refractivity contribution in [3.8, 4) is 51.0 Å². The number of benzene rings is 9. The summed E-state index contributed by atoms with van der Waals surface area (Å²) in [4.78, 5) is 10.8. The van der Waals surface area contributed by atoms with Gasteiger partial charge < -0.3 is 4.74 Å². The maximum Gasteiger partial charge on any atom is 0.235 e. The Labute approximate surface area is 340 Å². The molecule has 2 aromatic heterocycles. The Bertz CT molecular complexity index is 3480. The average Bonchev–Trinajstić information content (AvgIpc) is 3.81. The zero-order chi connectivity index (χ0) is 38.7. The SMILES string of the molecule is c1ccc(-c2ccc(-c3nc(-n4c5ccc6c(c5c5c7ccccc7ccc54)Oc4ccccc4C64c5ccccc5-c5ccccc54)nc4ccccc34)cc2)cc1. The van der Waals surface area contributed by atoms with Gasteiger partial charge in [-0.2, -0.15) is 0 Å². The largest absolute Gasteiger partial charge is 0.456 e. The van der Waals surface area contributed by atoms with E-state index in [-0.39, 0.29) is 0 Å². The molecular formula is C55H33N3O. The molecule has 1 spiro atoms. The Morgan fingerprint density at radius 3 is 1.80 bits per heavy atom. The molecule has 4 nitrogen and oxygen atoms in total. The molecular weight excluding hydrogens is 719 g/mol. The summed E-state index contributed by atoms with van der Waals surface area (Å²) < 4.78 is 9.52. The molecule has 0 radical (unpaired) electrons. The maximum atomic E-state index is 7.27.